The molecule has 0 radical (unpaired) electrons. The fourth-order valence-electron chi connectivity index (χ4n) is 4.06. The maximum absolute atomic E-state index is 13.8. The maximum atomic E-state index is 13.8. The van der Waals surface area contributed by atoms with E-state index in [4.69, 9.17) is 11.6 Å². The number of aromatic nitrogens is 1. The molecule has 4 aromatic rings. The van der Waals surface area contributed by atoms with Gasteiger partial charge in [-0.1, -0.05) is 60.1 Å². The third-order valence-electron chi connectivity index (χ3n) is 5.99. The molecule has 0 saturated heterocycles. The van der Waals surface area contributed by atoms with Crippen LogP contribution >= 0.6 is 11.6 Å². The van der Waals surface area contributed by atoms with Crippen molar-refractivity contribution in [3.05, 3.63) is 125 Å². The predicted octanol–water partition coefficient (Wildman–Crippen LogP) is 5.75. The average molecular weight is 513 g/mol. The van der Waals surface area contributed by atoms with Crippen molar-refractivity contribution in [1.82, 2.24) is 9.88 Å². The van der Waals surface area contributed by atoms with Crippen LogP contribution in [-0.4, -0.2) is 35.8 Å². The monoisotopic (exact) mass is 512 g/mol. The van der Waals surface area contributed by atoms with Gasteiger partial charge in [0, 0.05) is 49.4 Å². The summed E-state index contributed by atoms with van der Waals surface area (Å²) in [7, 11) is 3.91. The Morgan fingerprint density at radius 3 is 2.16 bits per heavy atom. The minimum absolute atomic E-state index is 0.163. The van der Waals surface area contributed by atoms with Crippen molar-refractivity contribution >= 4 is 34.8 Å². The summed E-state index contributed by atoms with van der Waals surface area (Å²) in [6.07, 6.45) is 3.55. The van der Waals surface area contributed by atoms with Crippen molar-refractivity contribution in [3.8, 4) is 0 Å². The fraction of sp³-hybridized carbons (Fsp3) is 0.167. The third-order valence-corrected chi connectivity index (χ3v) is 6.24. The van der Waals surface area contributed by atoms with Gasteiger partial charge in [0.05, 0.1) is 6.42 Å². The first-order chi connectivity index (χ1) is 17.9. The summed E-state index contributed by atoms with van der Waals surface area (Å²) < 4.78 is 0. The number of amides is 2. The SMILES string of the molecule is CN(C)c1ccc(NC(=O)C(c2ccc(Cl)cc2)N(Cc2cccnc2)C(=O)Cc2ccccc2)cc1. The second kappa shape index (κ2) is 12.2. The molecule has 0 saturated carbocycles. The van der Waals surface area contributed by atoms with E-state index in [1.54, 1.807) is 41.6 Å². The van der Waals surface area contributed by atoms with Gasteiger partial charge in [-0.15, -0.1) is 0 Å². The van der Waals surface area contributed by atoms with Crippen LogP contribution in [0.4, 0.5) is 11.4 Å². The lowest BCUT2D eigenvalue weighted by molar-refractivity contribution is -0.139. The molecule has 0 fully saturated rings. The molecule has 6 nitrogen and oxygen atoms in total. The summed E-state index contributed by atoms with van der Waals surface area (Å²) >= 11 is 6.15. The number of nitrogens with zero attached hydrogens (tertiary/aromatic N) is 3. The maximum Gasteiger partial charge on any atom is 0.251 e. The van der Waals surface area contributed by atoms with Gasteiger partial charge < -0.3 is 15.1 Å². The van der Waals surface area contributed by atoms with Crippen molar-refractivity contribution < 1.29 is 9.59 Å². The Hall–Kier alpha value is -4.16. The second-order valence-electron chi connectivity index (χ2n) is 8.93. The van der Waals surface area contributed by atoms with Crippen LogP contribution in [-0.2, 0) is 22.6 Å². The Kier molecular flexibility index (Phi) is 8.54. The molecule has 0 aliphatic heterocycles. The molecule has 1 aromatic heterocycles. The Morgan fingerprint density at radius 1 is 0.865 bits per heavy atom. The first-order valence-corrected chi connectivity index (χ1v) is 12.3. The normalized spacial score (nSPS) is 11.4. The van der Waals surface area contributed by atoms with Crippen molar-refractivity contribution in [2.45, 2.75) is 19.0 Å². The number of hydrogen-bond acceptors (Lipinski definition) is 4. The zero-order chi connectivity index (χ0) is 26.2. The van der Waals surface area contributed by atoms with E-state index in [0.29, 0.717) is 16.3 Å². The number of hydrogen-bond donors (Lipinski definition) is 1. The topological polar surface area (TPSA) is 65.5 Å². The standard InChI is InChI=1S/C30H29ClN4O2/c1-34(2)27-16-14-26(15-17-27)33-30(37)29(24-10-12-25(31)13-11-24)35(21-23-9-6-18-32-20-23)28(36)19-22-7-4-3-5-8-22/h3-18,20,29H,19,21H2,1-2H3,(H,33,37). The van der Waals surface area contributed by atoms with Crippen molar-refractivity contribution in [1.29, 1.82) is 0 Å². The Bertz CT molecular complexity index is 1310. The van der Waals surface area contributed by atoms with E-state index in [9.17, 15) is 9.59 Å². The summed E-state index contributed by atoms with van der Waals surface area (Å²) in [6.45, 7) is 0.222. The molecule has 0 spiro atoms. The zero-order valence-corrected chi connectivity index (χ0v) is 21.6. The van der Waals surface area contributed by atoms with E-state index in [1.165, 1.54) is 0 Å². The van der Waals surface area contributed by atoms with E-state index < -0.39 is 6.04 Å². The van der Waals surface area contributed by atoms with Crippen LogP contribution in [0.2, 0.25) is 5.02 Å². The highest BCUT2D eigenvalue weighted by Gasteiger charge is 2.32. The second-order valence-corrected chi connectivity index (χ2v) is 9.37. The Balaban J connectivity index is 1.71. The molecule has 1 unspecified atom stereocenters. The number of carbonyl (C=O) groups is 2. The molecular weight excluding hydrogens is 484 g/mol. The summed E-state index contributed by atoms with van der Waals surface area (Å²) in [5.74, 6) is -0.488. The lowest BCUT2D eigenvalue weighted by Gasteiger charge is -2.32. The molecular formula is C30H29ClN4O2. The van der Waals surface area contributed by atoms with Gasteiger partial charge in [-0.3, -0.25) is 14.6 Å². The molecule has 2 amide bonds. The highest BCUT2D eigenvalue weighted by Crippen LogP contribution is 2.28. The Morgan fingerprint density at radius 2 is 1.54 bits per heavy atom. The molecule has 0 aliphatic rings. The van der Waals surface area contributed by atoms with E-state index in [0.717, 1.165) is 16.8 Å². The van der Waals surface area contributed by atoms with Gasteiger partial charge in [0.2, 0.25) is 5.91 Å². The molecule has 3 aromatic carbocycles. The minimum atomic E-state index is -0.887. The van der Waals surface area contributed by atoms with Crippen molar-refractivity contribution in [2.24, 2.45) is 0 Å². The molecule has 0 bridgehead atoms. The first-order valence-electron chi connectivity index (χ1n) is 12.0. The van der Waals surface area contributed by atoms with Gasteiger partial charge in [-0.25, -0.2) is 0 Å². The number of rotatable bonds is 9. The van der Waals surface area contributed by atoms with Gasteiger partial charge in [0.1, 0.15) is 6.04 Å². The smallest absolute Gasteiger partial charge is 0.251 e. The lowest BCUT2D eigenvalue weighted by Crippen LogP contribution is -2.41. The van der Waals surface area contributed by atoms with E-state index in [2.05, 4.69) is 10.3 Å². The molecule has 1 N–H and O–H groups in total. The quantitative estimate of drug-likeness (QED) is 0.310. The number of benzene rings is 3. The summed E-state index contributed by atoms with van der Waals surface area (Å²) in [4.78, 5) is 35.4. The van der Waals surface area contributed by atoms with Crippen molar-refractivity contribution in [2.75, 3.05) is 24.3 Å². The highest BCUT2D eigenvalue weighted by molar-refractivity contribution is 6.30. The number of halogens is 1. The molecule has 0 aliphatic carbocycles. The van der Waals surface area contributed by atoms with Crippen LogP contribution in [0.1, 0.15) is 22.7 Å². The fourth-order valence-corrected chi connectivity index (χ4v) is 4.18. The van der Waals surface area contributed by atoms with Gasteiger partial charge in [0.25, 0.3) is 5.91 Å². The van der Waals surface area contributed by atoms with Gasteiger partial charge >= 0.3 is 0 Å². The highest BCUT2D eigenvalue weighted by atomic mass is 35.5. The van der Waals surface area contributed by atoms with E-state index >= 15 is 0 Å². The van der Waals surface area contributed by atoms with E-state index in [1.807, 2.05) is 85.7 Å². The molecule has 188 valence electrons. The first kappa shape index (κ1) is 25.9. The van der Waals surface area contributed by atoms with Crippen LogP contribution < -0.4 is 10.2 Å². The predicted molar refractivity (Wildman–Crippen MR) is 149 cm³/mol. The van der Waals surface area contributed by atoms with Crippen LogP contribution in [0.15, 0.2) is 103 Å². The molecule has 37 heavy (non-hydrogen) atoms. The van der Waals surface area contributed by atoms with Gasteiger partial charge in [-0.2, -0.15) is 0 Å². The van der Waals surface area contributed by atoms with Gasteiger partial charge in [0.15, 0.2) is 0 Å². The summed E-state index contributed by atoms with van der Waals surface area (Å²) in [6, 6.07) is 26.9. The third kappa shape index (κ3) is 6.96. The van der Waals surface area contributed by atoms with Crippen LogP contribution in [0.5, 0.6) is 0 Å². The summed E-state index contributed by atoms with van der Waals surface area (Å²) in [5, 5.41) is 3.56. The molecule has 4 rings (SSSR count). The molecule has 1 heterocycles. The average Bonchev–Trinajstić information content (AvgIpc) is 2.91. The van der Waals surface area contributed by atoms with Crippen LogP contribution in [0.25, 0.3) is 0 Å². The lowest BCUT2D eigenvalue weighted by atomic mass is 10.0. The van der Waals surface area contributed by atoms with Crippen molar-refractivity contribution in [3.63, 3.8) is 0 Å². The molecule has 7 heteroatoms. The number of pyridine rings is 1. The van der Waals surface area contributed by atoms with Crippen LogP contribution in [0, 0.1) is 0 Å². The van der Waals surface area contributed by atoms with Crippen LogP contribution in [0.3, 0.4) is 0 Å². The minimum Gasteiger partial charge on any atom is -0.378 e. The number of nitrogens with one attached hydrogen (secondary N) is 1. The molecule has 1 atom stereocenters. The summed E-state index contributed by atoms with van der Waals surface area (Å²) in [5.41, 5.74) is 4.02. The number of anilines is 2. The number of carbonyl (C=O) groups excluding carboxylic acids is 2. The van der Waals surface area contributed by atoms with Gasteiger partial charge in [-0.05, 0) is 59.2 Å². The van der Waals surface area contributed by atoms with E-state index in [-0.39, 0.29) is 24.8 Å². The largest absolute Gasteiger partial charge is 0.378 e. The zero-order valence-electron chi connectivity index (χ0n) is 20.8. The Labute approximate surface area is 222 Å².